The minimum Gasteiger partial charge on any atom is -0.338 e. The van der Waals surface area contributed by atoms with Gasteiger partial charge in [0, 0.05) is 6.54 Å². The van der Waals surface area contributed by atoms with Gasteiger partial charge in [0.25, 0.3) is 0 Å². The smallest absolute Gasteiger partial charge is 0.230 e. The van der Waals surface area contributed by atoms with E-state index >= 15 is 0 Å². The number of nitrogens with one attached hydrogen (secondary N) is 1. The highest BCUT2D eigenvalue weighted by atomic mass is 15.2. The van der Waals surface area contributed by atoms with Crippen molar-refractivity contribution in [3.63, 3.8) is 0 Å². The van der Waals surface area contributed by atoms with Crippen LogP contribution in [0.4, 0.5) is 5.95 Å². The summed E-state index contributed by atoms with van der Waals surface area (Å²) in [7, 11) is 4.32. The number of rotatable bonds is 6. The van der Waals surface area contributed by atoms with Gasteiger partial charge >= 0.3 is 0 Å². The van der Waals surface area contributed by atoms with E-state index in [9.17, 15) is 0 Å². The average Bonchev–Trinajstić information content (AvgIpc) is 3.21. The van der Waals surface area contributed by atoms with Crippen LogP contribution in [0.3, 0.4) is 0 Å². The summed E-state index contributed by atoms with van der Waals surface area (Å²) in [5.74, 6) is 1.59. The summed E-state index contributed by atoms with van der Waals surface area (Å²) in [6.07, 6.45) is 1.84. The lowest BCUT2D eigenvalue weighted by Gasteiger charge is -2.09. The van der Waals surface area contributed by atoms with E-state index in [1.807, 2.05) is 42.6 Å². The Bertz CT molecular complexity index is 1100. The van der Waals surface area contributed by atoms with Crippen LogP contribution in [0.2, 0.25) is 0 Å². The molecule has 0 unspecified atom stereocenters. The second-order valence-electron chi connectivity index (χ2n) is 6.97. The first-order valence-electron chi connectivity index (χ1n) is 9.41. The summed E-state index contributed by atoms with van der Waals surface area (Å²) in [6.45, 7) is 4.86. The lowest BCUT2D eigenvalue weighted by molar-refractivity contribution is -0.858. The Hall–Kier alpha value is -2.99. The number of aliphatic imine (C=N–C) groups is 1. The number of benzene rings is 2. The summed E-state index contributed by atoms with van der Waals surface area (Å²) in [5.41, 5.74) is 4.22. The van der Waals surface area contributed by atoms with Gasteiger partial charge in [0.1, 0.15) is 0 Å². The van der Waals surface area contributed by atoms with E-state index in [1.165, 1.54) is 4.90 Å². The molecular formula is C21H25N6+. The van der Waals surface area contributed by atoms with Gasteiger partial charge in [-0.2, -0.15) is 0 Å². The average molecular weight is 361 g/mol. The summed E-state index contributed by atoms with van der Waals surface area (Å²) in [4.78, 5) is 15.6. The molecule has 2 heterocycles. The molecule has 0 atom stereocenters. The van der Waals surface area contributed by atoms with Crippen molar-refractivity contribution in [2.45, 2.75) is 20.0 Å². The zero-order chi connectivity index (χ0) is 18.8. The van der Waals surface area contributed by atoms with Crippen molar-refractivity contribution in [2.24, 2.45) is 4.99 Å². The first-order chi connectivity index (χ1) is 13.2. The van der Waals surface area contributed by atoms with Gasteiger partial charge in [-0.3, -0.25) is 0 Å². The van der Waals surface area contributed by atoms with Crippen LogP contribution in [0.25, 0.3) is 22.1 Å². The molecule has 0 fully saturated rings. The Labute approximate surface area is 158 Å². The molecule has 0 aliphatic carbocycles. The van der Waals surface area contributed by atoms with Crippen LogP contribution in [-0.4, -0.2) is 46.0 Å². The normalized spacial score (nSPS) is 12.1. The number of aryl methyl sites for hydroxylation is 1. The van der Waals surface area contributed by atoms with E-state index in [1.54, 1.807) is 0 Å². The maximum Gasteiger partial charge on any atom is 0.230 e. The monoisotopic (exact) mass is 361 g/mol. The third kappa shape index (κ3) is 3.36. The van der Waals surface area contributed by atoms with Gasteiger partial charge in [-0.1, -0.05) is 24.3 Å². The zero-order valence-corrected chi connectivity index (χ0v) is 16.1. The molecule has 138 valence electrons. The molecular weight excluding hydrogens is 336 g/mol. The van der Waals surface area contributed by atoms with E-state index in [0.29, 0.717) is 0 Å². The topological polar surface area (TPSA) is 52.4 Å². The Kier molecular flexibility index (Phi) is 4.73. The molecule has 0 saturated carbocycles. The van der Waals surface area contributed by atoms with Crippen LogP contribution in [-0.2, 0) is 13.1 Å². The van der Waals surface area contributed by atoms with Crippen LogP contribution in [0.1, 0.15) is 12.7 Å². The number of fused-ring (bicyclic) bond motifs is 2. The zero-order valence-electron chi connectivity index (χ0n) is 16.1. The minimum absolute atomic E-state index is 0.729. The molecule has 0 aliphatic rings. The fourth-order valence-electron chi connectivity index (χ4n) is 3.36. The third-order valence-electron chi connectivity index (χ3n) is 4.77. The van der Waals surface area contributed by atoms with Gasteiger partial charge in [-0.05, 0) is 31.2 Å². The molecule has 0 saturated heterocycles. The maximum absolute atomic E-state index is 4.73. The molecule has 6 nitrogen and oxygen atoms in total. The molecule has 1 N–H and O–H groups in total. The SMILES string of the molecule is CCn1c(C=Nc2nc3ccccc3n2CC[NH+](C)C)nc2ccccc21. The Morgan fingerprint density at radius 2 is 1.56 bits per heavy atom. The van der Waals surface area contributed by atoms with E-state index in [-0.39, 0.29) is 0 Å². The highest BCUT2D eigenvalue weighted by Gasteiger charge is 2.12. The third-order valence-corrected chi connectivity index (χ3v) is 4.77. The van der Waals surface area contributed by atoms with Gasteiger partial charge in [-0.15, -0.1) is 0 Å². The van der Waals surface area contributed by atoms with Gasteiger partial charge in [0.05, 0.1) is 55.5 Å². The Morgan fingerprint density at radius 1 is 0.926 bits per heavy atom. The quantitative estimate of drug-likeness (QED) is 0.536. The van der Waals surface area contributed by atoms with Gasteiger partial charge in [-0.25, -0.2) is 15.0 Å². The number of hydrogen-bond acceptors (Lipinski definition) is 3. The number of nitrogens with zero attached hydrogens (tertiary/aromatic N) is 5. The predicted octanol–water partition coefficient (Wildman–Crippen LogP) is 2.30. The van der Waals surface area contributed by atoms with Crippen molar-refractivity contribution in [2.75, 3.05) is 20.6 Å². The molecule has 2 aromatic heterocycles. The van der Waals surface area contributed by atoms with Gasteiger partial charge < -0.3 is 14.0 Å². The van der Waals surface area contributed by atoms with Crippen LogP contribution in [0.5, 0.6) is 0 Å². The van der Waals surface area contributed by atoms with E-state index in [2.05, 4.69) is 42.3 Å². The van der Waals surface area contributed by atoms with E-state index < -0.39 is 0 Å². The van der Waals surface area contributed by atoms with Gasteiger partial charge in [0.2, 0.25) is 5.95 Å². The predicted molar refractivity (Wildman–Crippen MR) is 110 cm³/mol. The van der Waals surface area contributed by atoms with Crippen LogP contribution in [0, 0.1) is 0 Å². The number of likely N-dealkylation sites (N-methyl/N-ethyl adjacent to an activating group) is 1. The lowest BCUT2D eigenvalue weighted by atomic mass is 10.3. The van der Waals surface area contributed by atoms with Crippen LogP contribution >= 0.6 is 0 Å². The Morgan fingerprint density at radius 3 is 2.22 bits per heavy atom. The van der Waals surface area contributed by atoms with Crippen LogP contribution in [0.15, 0.2) is 53.5 Å². The first kappa shape index (κ1) is 17.4. The maximum atomic E-state index is 4.73. The van der Waals surface area contributed by atoms with Crippen molar-refractivity contribution in [1.29, 1.82) is 0 Å². The highest BCUT2D eigenvalue weighted by molar-refractivity contribution is 5.86. The lowest BCUT2D eigenvalue weighted by Crippen LogP contribution is -3.06. The molecule has 0 bridgehead atoms. The van der Waals surface area contributed by atoms with Crippen molar-refractivity contribution in [3.8, 4) is 0 Å². The molecule has 0 amide bonds. The molecule has 27 heavy (non-hydrogen) atoms. The van der Waals surface area contributed by atoms with E-state index in [4.69, 9.17) is 15.0 Å². The number of imidazole rings is 2. The standard InChI is InChI=1S/C21H24N6/c1-4-26-18-11-7-5-9-16(18)23-20(26)15-22-21-24-17-10-6-8-12-19(17)27(21)14-13-25(2)3/h5-12,15H,4,13-14H2,1-3H3/p+1. The number of quaternary nitrogens is 1. The summed E-state index contributed by atoms with van der Waals surface area (Å²) in [6, 6.07) is 16.4. The summed E-state index contributed by atoms with van der Waals surface area (Å²) in [5, 5.41) is 0. The molecule has 2 aromatic carbocycles. The molecule has 0 aliphatic heterocycles. The first-order valence-corrected chi connectivity index (χ1v) is 9.41. The van der Waals surface area contributed by atoms with Crippen molar-refractivity contribution in [1.82, 2.24) is 19.1 Å². The highest BCUT2D eigenvalue weighted by Crippen LogP contribution is 2.22. The second kappa shape index (κ2) is 7.32. The number of aromatic nitrogens is 4. The Balaban J connectivity index is 1.76. The van der Waals surface area contributed by atoms with Crippen LogP contribution < -0.4 is 4.90 Å². The van der Waals surface area contributed by atoms with Gasteiger partial charge in [0.15, 0.2) is 5.82 Å². The number of para-hydroxylation sites is 4. The molecule has 4 aromatic rings. The van der Waals surface area contributed by atoms with Crippen molar-refractivity contribution < 1.29 is 4.90 Å². The fraction of sp³-hybridized carbons (Fsp3) is 0.286. The molecule has 6 heteroatoms. The minimum atomic E-state index is 0.729. The van der Waals surface area contributed by atoms with E-state index in [0.717, 1.165) is 53.5 Å². The largest absolute Gasteiger partial charge is 0.338 e. The van der Waals surface area contributed by atoms with Crippen molar-refractivity contribution in [3.05, 3.63) is 54.4 Å². The molecule has 4 rings (SSSR count). The summed E-state index contributed by atoms with van der Waals surface area (Å²) < 4.78 is 4.37. The molecule has 0 radical (unpaired) electrons. The fourth-order valence-corrected chi connectivity index (χ4v) is 3.36. The second-order valence-corrected chi connectivity index (χ2v) is 6.97. The molecule has 0 spiro atoms. The summed E-state index contributed by atoms with van der Waals surface area (Å²) >= 11 is 0. The van der Waals surface area contributed by atoms with Crippen molar-refractivity contribution >= 4 is 34.2 Å². The number of hydrogen-bond donors (Lipinski definition) is 1.